The predicted octanol–water partition coefficient (Wildman–Crippen LogP) is 4.17. The summed E-state index contributed by atoms with van der Waals surface area (Å²) in [6.07, 6.45) is 0. The zero-order valence-electron chi connectivity index (χ0n) is 10.2. The monoisotopic (exact) mass is 294 g/mol. The number of anilines is 2. The van der Waals surface area contributed by atoms with Crippen LogP contribution in [0.15, 0.2) is 36.4 Å². The lowest BCUT2D eigenvalue weighted by Gasteiger charge is -2.13. The van der Waals surface area contributed by atoms with Crippen LogP contribution < -0.4 is 11.1 Å². The van der Waals surface area contributed by atoms with E-state index in [9.17, 15) is 4.39 Å². The van der Waals surface area contributed by atoms with Crippen molar-refractivity contribution in [1.82, 2.24) is 0 Å². The summed E-state index contributed by atoms with van der Waals surface area (Å²) >= 11 is 10.7. The molecule has 0 fully saturated rings. The normalized spacial score (nSPS) is 10.3. The summed E-state index contributed by atoms with van der Waals surface area (Å²) in [6, 6.07) is 10.0. The molecule has 0 bridgehead atoms. The summed E-state index contributed by atoms with van der Waals surface area (Å²) in [5.74, 6) is -0.428. The number of aryl methyl sites for hydroxylation is 1. The summed E-state index contributed by atoms with van der Waals surface area (Å²) in [5.41, 5.74) is 8.36. The van der Waals surface area contributed by atoms with E-state index in [4.69, 9.17) is 29.6 Å². The van der Waals surface area contributed by atoms with Crippen molar-refractivity contribution >= 4 is 40.2 Å². The molecular formula is C14H12ClFN2S. The molecule has 0 aliphatic carbocycles. The molecule has 0 atom stereocenters. The van der Waals surface area contributed by atoms with Crippen molar-refractivity contribution in [3.05, 3.63) is 58.4 Å². The van der Waals surface area contributed by atoms with E-state index >= 15 is 0 Å². The van der Waals surface area contributed by atoms with Crippen molar-refractivity contribution in [3.63, 3.8) is 0 Å². The minimum Gasteiger partial charge on any atom is -0.389 e. The van der Waals surface area contributed by atoms with Gasteiger partial charge in [-0.15, -0.1) is 0 Å². The average Bonchev–Trinajstić information content (AvgIpc) is 2.32. The summed E-state index contributed by atoms with van der Waals surface area (Å²) in [6.45, 7) is 1.94. The quantitative estimate of drug-likeness (QED) is 0.835. The van der Waals surface area contributed by atoms with E-state index in [2.05, 4.69) is 5.32 Å². The Kier molecular flexibility index (Phi) is 4.02. The second-order valence-electron chi connectivity index (χ2n) is 4.16. The molecule has 0 spiro atoms. The molecule has 19 heavy (non-hydrogen) atoms. The second-order valence-corrected chi connectivity index (χ2v) is 5.04. The standard InChI is InChI=1S/C14H12ClFN2S/c1-8-2-4-10(14(17)19)13(6-8)18-12-5-3-9(15)7-11(12)16/h2-7,18H,1H3,(H2,17,19). The molecule has 0 aliphatic heterocycles. The van der Waals surface area contributed by atoms with Crippen molar-refractivity contribution in [1.29, 1.82) is 0 Å². The van der Waals surface area contributed by atoms with Gasteiger partial charge >= 0.3 is 0 Å². The number of benzene rings is 2. The highest BCUT2D eigenvalue weighted by atomic mass is 35.5. The zero-order chi connectivity index (χ0) is 14.0. The molecule has 0 aliphatic rings. The molecule has 0 unspecified atom stereocenters. The average molecular weight is 295 g/mol. The first-order chi connectivity index (χ1) is 8.97. The fourth-order valence-corrected chi connectivity index (χ4v) is 2.05. The maximum atomic E-state index is 13.8. The van der Waals surface area contributed by atoms with Gasteiger partial charge in [-0.3, -0.25) is 0 Å². The summed E-state index contributed by atoms with van der Waals surface area (Å²) in [7, 11) is 0. The van der Waals surface area contributed by atoms with E-state index < -0.39 is 5.82 Å². The molecule has 98 valence electrons. The smallest absolute Gasteiger partial charge is 0.148 e. The van der Waals surface area contributed by atoms with E-state index in [1.54, 1.807) is 12.1 Å². The van der Waals surface area contributed by atoms with Gasteiger partial charge in [-0.25, -0.2) is 4.39 Å². The lowest BCUT2D eigenvalue weighted by Crippen LogP contribution is -2.12. The van der Waals surface area contributed by atoms with Gasteiger partial charge in [-0.2, -0.15) is 0 Å². The molecule has 5 heteroatoms. The molecule has 0 heterocycles. The summed E-state index contributed by atoms with van der Waals surface area (Å²) in [5, 5.41) is 3.34. The Balaban J connectivity index is 2.42. The van der Waals surface area contributed by atoms with Crippen LogP contribution in [0.4, 0.5) is 15.8 Å². The van der Waals surface area contributed by atoms with Crippen molar-refractivity contribution in [3.8, 4) is 0 Å². The second kappa shape index (κ2) is 5.55. The van der Waals surface area contributed by atoms with Crippen LogP contribution in [0.25, 0.3) is 0 Å². The topological polar surface area (TPSA) is 38.0 Å². The Hall–Kier alpha value is -1.65. The number of halogens is 2. The van der Waals surface area contributed by atoms with E-state index in [1.807, 2.05) is 25.1 Å². The Morgan fingerprint density at radius 1 is 1.21 bits per heavy atom. The molecule has 0 saturated heterocycles. The zero-order valence-corrected chi connectivity index (χ0v) is 11.8. The molecule has 2 aromatic carbocycles. The third-order valence-electron chi connectivity index (χ3n) is 2.64. The van der Waals surface area contributed by atoms with Gasteiger partial charge < -0.3 is 11.1 Å². The van der Waals surface area contributed by atoms with E-state index in [0.29, 0.717) is 22.0 Å². The molecule has 2 nitrogen and oxygen atoms in total. The van der Waals surface area contributed by atoms with Gasteiger partial charge in [0.25, 0.3) is 0 Å². The van der Waals surface area contributed by atoms with Crippen molar-refractivity contribution in [2.75, 3.05) is 5.32 Å². The van der Waals surface area contributed by atoms with Gasteiger partial charge in [0, 0.05) is 16.3 Å². The van der Waals surface area contributed by atoms with E-state index in [1.165, 1.54) is 6.07 Å². The van der Waals surface area contributed by atoms with Crippen LogP contribution in [-0.4, -0.2) is 4.99 Å². The van der Waals surface area contributed by atoms with Crippen LogP contribution in [0.1, 0.15) is 11.1 Å². The molecule has 3 N–H and O–H groups in total. The first-order valence-electron chi connectivity index (χ1n) is 5.60. The van der Waals surface area contributed by atoms with Gasteiger partial charge in [-0.05, 0) is 42.8 Å². The van der Waals surface area contributed by atoms with Crippen LogP contribution in [0, 0.1) is 12.7 Å². The van der Waals surface area contributed by atoms with Gasteiger partial charge in [-0.1, -0.05) is 29.9 Å². The Labute approximate surface area is 121 Å². The Morgan fingerprint density at radius 2 is 1.95 bits per heavy atom. The molecular weight excluding hydrogens is 283 g/mol. The lowest BCUT2D eigenvalue weighted by atomic mass is 10.1. The number of nitrogens with two attached hydrogens (primary N) is 1. The maximum Gasteiger partial charge on any atom is 0.148 e. The maximum absolute atomic E-state index is 13.8. The predicted molar refractivity (Wildman–Crippen MR) is 81.8 cm³/mol. The van der Waals surface area contributed by atoms with Crippen molar-refractivity contribution in [2.24, 2.45) is 5.73 Å². The van der Waals surface area contributed by atoms with Crippen LogP contribution in [0.3, 0.4) is 0 Å². The van der Waals surface area contributed by atoms with Gasteiger partial charge in [0.1, 0.15) is 10.8 Å². The van der Waals surface area contributed by atoms with Crippen LogP contribution in [0.5, 0.6) is 0 Å². The van der Waals surface area contributed by atoms with E-state index in [0.717, 1.165) is 5.56 Å². The number of thiocarbonyl (C=S) groups is 1. The van der Waals surface area contributed by atoms with Gasteiger partial charge in [0.15, 0.2) is 0 Å². The number of hydrogen-bond donors (Lipinski definition) is 2. The highest BCUT2D eigenvalue weighted by molar-refractivity contribution is 7.80. The van der Waals surface area contributed by atoms with E-state index in [-0.39, 0.29) is 4.99 Å². The first-order valence-corrected chi connectivity index (χ1v) is 6.38. The summed E-state index contributed by atoms with van der Waals surface area (Å²) in [4.78, 5) is 0.261. The van der Waals surface area contributed by atoms with Crippen LogP contribution in [0.2, 0.25) is 5.02 Å². The number of hydrogen-bond acceptors (Lipinski definition) is 2. The third kappa shape index (κ3) is 3.22. The Morgan fingerprint density at radius 3 is 2.58 bits per heavy atom. The van der Waals surface area contributed by atoms with Crippen molar-refractivity contribution in [2.45, 2.75) is 6.92 Å². The number of nitrogens with one attached hydrogen (secondary N) is 1. The minimum atomic E-state index is -0.428. The molecule has 0 aromatic heterocycles. The molecule has 2 rings (SSSR count). The molecule has 0 amide bonds. The number of rotatable bonds is 3. The van der Waals surface area contributed by atoms with Crippen LogP contribution >= 0.6 is 23.8 Å². The first kappa shape index (κ1) is 13.8. The van der Waals surface area contributed by atoms with Gasteiger partial charge in [0.05, 0.1) is 5.69 Å². The largest absolute Gasteiger partial charge is 0.389 e. The SMILES string of the molecule is Cc1ccc(C(N)=S)c(Nc2ccc(Cl)cc2F)c1. The minimum absolute atomic E-state index is 0.261. The fraction of sp³-hybridized carbons (Fsp3) is 0.0714. The summed E-state index contributed by atoms with van der Waals surface area (Å²) < 4.78 is 13.8. The third-order valence-corrected chi connectivity index (χ3v) is 3.10. The molecule has 0 radical (unpaired) electrons. The fourth-order valence-electron chi connectivity index (χ4n) is 1.71. The highest BCUT2D eigenvalue weighted by Gasteiger charge is 2.09. The molecule has 0 saturated carbocycles. The molecule has 2 aromatic rings. The Bertz CT molecular complexity index is 643. The lowest BCUT2D eigenvalue weighted by molar-refractivity contribution is 0.632. The highest BCUT2D eigenvalue weighted by Crippen LogP contribution is 2.26. The van der Waals surface area contributed by atoms with Crippen molar-refractivity contribution < 1.29 is 4.39 Å². The van der Waals surface area contributed by atoms with Crippen LogP contribution in [-0.2, 0) is 0 Å². The van der Waals surface area contributed by atoms with Gasteiger partial charge in [0.2, 0.25) is 0 Å².